The lowest BCUT2D eigenvalue weighted by Gasteiger charge is -2.70. The normalized spacial score (nSPS) is 33.4. The number of nitrogens with zero attached hydrogens (tertiary/aromatic N) is 3. The first kappa shape index (κ1) is 22.9. The van der Waals surface area contributed by atoms with Gasteiger partial charge in [0.1, 0.15) is 5.75 Å². The molecule has 8 nitrogen and oxygen atoms in total. The number of rotatable bonds is 5. The summed E-state index contributed by atoms with van der Waals surface area (Å²) in [6, 6.07) is 4.95. The largest absolute Gasteiger partial charge is 0.522 e. The summed E-state index contributed by atoms with van der Waals surface area (Å²) in [5.41, 5.74) is 0.833. The molecule has 0 radical (unpaired) electrons. The summed E-state index contributed by atoms with van der Waals surface area (Å²) in [6.45, 7) is 0.642. The molecule has 5 aliphatic rings. The Kier molecular flexibility index (Phi) is 5.08. The van der Waals surface area contributed by atoms with Crippen LogP contribution in [0, 0.1) is 0 Å². The number of aromatic nitrogens is 2. The van der Waals surface area contributed by atoms with E-state index in [9.17, 15) is 23.1 Å². The first-order valence-corrected chi connectivity index (χ1v) is 11.9. The maximum Gasteiger partial charge on any atom is 0.522 e. The Morgan fingerprint density at radius 2 is 2.09 bits per heavy atom. The van der Waals surface area contributed by atoms with Gasteiger partial charge in [0, 0.05) is 41.8 Å². The Morgan fingerprint density at radius 1 is 1.31 bits per heavy atom. The number of aliphatic hydroxyl groups excluding tert-OH is 1. The van der Waals surface area contributed by atoms with Crippen LogP contribution in [-0.2, 0) is 15.1 Å². The summed E-state index contributed by atoms with van der Waals surface area (Å²) >= 11 is 5.99. The third kappa shape index (κ3) is 4.03. The van der Waals surface area contributed by atoms with Crippen molar-refractivity contribution in [3.63, 3.8) is 0 Å². The van der Waals surface area contributed by atoms with E-state index in [0.717, 1.165) is 5.69 Å². The summed E-state index contributed by atoms with van der Waals surface area (Å²) in [4.78, 5) is 14.8. The second kappa shape index (κ2) is 7.75. The molecular weight excluding hydrogens is 489 g/mol. The molecule has 1 aromatic heterocycles. The van der Waals surface area contributed by atoms with Gasteiger partial charge in [-0.3, -0.25) is 14.2 Å². The van der Waals surface area contributed by atoms with Crippen LogP contribution in [0.4, 0.5) is 18.9 Å². The number of fused-ring (bicyclic) bond motifs is 1. The molecule has 4 fully saturated rings. The number of alkyl halides is 3. The lowest BCUT2D eigenvalue weighted by atomic mass is 9.44. The minimum Gasteiger partial charge on any atom is -0.480 e. The van der Waals surface area contributed by atoms with Gasteiger partial charge in [-0.1, -0.05) is 11.6 Å². The van der Waals surface area contributed by atoms with Gasteiger partial charge in [0.25, 0.3) is 5.91 Å². The highest BCUT2D eigenvalue weighted by Crippen LogP contribution is 2.65. The van der Waals surface area contributed by atoms with E-state index in [1.807, 2.05) is 15.8 Å². The van der Waals surface area contributed by atoms with Gasteiger partial charge in [-0.15, -0.1) is 13.2 Å². The average Bonchev–Trinajstić information content (AvgIpc) is 3.38. The van der Waals surface area contributed by atoms with Crippen molar-refractivity contribution in [3.8, 4) is 5.75 Å². The molecule has 3 saturated carbocycles. The van der Waals surface area contributed by atoms with Gasteiger partial charge in [-0.2, -0.15) is 5.10 Å². The van der Waals surface area contributed by atoms with Crippen LogP contribution in [0.15, 0.2) is 30.6 Å². The Labute approximate surface area is 203 Å². The van der Waals surface area contributed by atoms with E-state index < -0.39 is 24.7 Å². The summed E-state index contributed by atoms with van der Waals surface area (Å²) in [5, 5.41) is 18.5. The number of halogens is 4. The van der Waals surface area contributed by atoms with Gasteiger partial charge in [-0.05, 0) is 43.9 Å². The molecule has 3 atom stereocenters. The van der Waals surface area contributed by atoms with Gasteiger partial charge in [-0.25, -0.2) is 0 Å². The maximum absolute atomic E-state index is 12.9. The number of carbonyl (C=O) groups excluding carboxylic acids is 1. The molecule has 0 unspecified atom stereocenters. The predicted molar refractivity (Wildman–Crippen MR) is 118 cm³/mol. The predicted octanol–water partition coefficient (Wildman–Crippen LogP) is 3.28. The van der Waals surface area contributed by atoms with Crippen LogP contribution < -0.4 is 15.0 Å². The van der Waals surface area contributed by atoms with E-state index in [-0.39, 0.29) is 30.0 Å². The van der Waals surface area contributed by atoms with Crippen LogP contribution in [-0.4, -0.2) is 58.0 Å². The second-order valence-corrected chi connectivity index (χ2v) is 10.6. The van der Waals surface area contributed by atoms with E-state index in [1.54, 1.807) is 24.4 Å². The van der Waals surface area contributed by atoms with Crippen LogP contribution in [0.1, 0.15) is 43.8 Å². The summed E-state index contributed by atoms with van der Waals surface area (Å²) in [5.74, 6) is 0.197. The lowest BCUT2D eigenvalue weighted by Crippen LogP contribution is -2.79. The van der Waals surface area contributed by atoms with E-state index in [4.69, 9.17) is 16.3 Å². The number of amides is 1. The Morgan fingerprint density at radius 3 is 2.83 bits per heavy atom. The van der Waals surface area contributed by atoms with Crippen LogP contribution in [0.2, 0.25) is 5.02 Å². The molecule has 3 aliphatic carbocycles. The minimum absolute atomic E-state index is 0.151. The third-order valence-electron chi connectivity index (χ3n) is 7.59. The SMILES string of the molecule is O=C(NC12CC(n3cc(N4CC[C@@H](OC(F)(F)F)C4)cn3)(C1)C2)[C@H]1C[C@@H](O)c2cc(Cl)ccc2O1. The van der Waals surface area contributed by atoms with Gasteiger partial charge in [0.05, 0.1) is 29.6 Å². The highest BCUT2D eigenvalue weighted by Gasteiger charge is 2.70. The Bertz CT molecular complexity index is 1150. The number of carbonyl (C=O) groups is 1. The highest BCUT2D eigenvalue weighted by molar-refractivity contribution is 6.30. The molecule has 35 heavy (non-hydrogen) atoms. The van der Waals surface area contributed by atoms with Crippen LogP contribution >= 0.6 is 11.6 Å². The van der Waals surface area contributed by atoms with E-state index in [1.165, 1.54) is 0 Å². The smallest absolute Gasteiger partial charge is 0.480 e. The Hall–Kier alpha value is -2.50. The number of nitrogens with one attached hydrogen (secondary N) is 1. The zero-order valence-electron chi connectivity index (χ0n) is 18.6. The highest BCUT2D eigenvalue weighted by atomic mass is 35.5. The fraction of sp³-hybridized carbons (Fsp3) is 0.565. The molecule has 2 aromatic rings. The van der Waals surface area contributed by atoms with Crippen molar-refractivity contribution in [2.45, 2.75) is 67.9 Å². The molecular formula is C23H24ClF3N4O4. The van der Waals surface area contributed by atoms with Crippen LogP contribution in [0.25, 0.3) is 0 Å². The fourth-order valence-corrected chi connectivity index (χ4v) is 6.19. The first-order chi connectivity index (χ1) is 16.5. The van der Waals surface area contributed by atoms with Crippen molar-refractivity contribution in [1.29, 1.82) is 0 Å². The number of benzene rings is 1. The molecule has 2 N–H and O–H groups in total. The lowest BCUT2D eigenvalue weighted by molar-refractivity contribution is -0.339. The van der Waals surface area contributed by atoms with Gasteiger partial charge in [0.15, 0.2) is 6.10 Å². The quantitative estimate of drug-likeness (QED) is 0.639. The fourth-order valence-electron chi connectivity index (χ4n) is 6.01. The molecule has 1 aromatic carbocycles. The number of hydrogen-bond donors (Lipinski definition) is 2. The maximum atomic E-state index is 12.9. The standard InChI is InChI=1S/C23H24ClF3N4O4/c24-13-1-2-18-16(5-13)17(32)6-19(34-18)20(33)29-21-10-22(11-21,12-21)31-8-14(7-28-31)30-4-3-15(9-30)35-23(25,26)27/h1-2,5,7-8,15,17,19,32H,3-4,6,9-12H2,(H,29,33)/t15-,17-,19-,21?,22?/m1/s1. The minimum atomic E-state index is -4.63. The molecule has 12 heteroatoms. The van der Waals surface area contributed by atoms with Gasteiger partial charge in [0.2, 0.25) is 0 Å². The zero-order chi connectivity index (χ0) is 24.6. The second-order valence-electron chi connectivity index (χ2n) is 10.1. The summed E-state index contributed by atoms with van der Waals surface area (Å²) in [7, 11) is 0. The molecule has 188 valence electrons. The van der Waals surface area contributed by atoms with Crippen LogP contribution in [0.5, 0.6) is 5.75 Å². The molecule has 1 saturated heterocycles. The average molecular weight is 513 g/mol. The molecule has 2 bridgehead atoms. The molecule has 0 spiro atoms. The Balaban J connectivity index is 1.04. The summed E-state index contributed by atoms with van der Waals surface area (Å²) < 4.78 is 49.3. The zero-order valence-corrected chi connectivity index (χ0v) is 19.3. The summed E-state index contributed by atoms with van der Waals surface area (Å²) in [6.07, 6.45) is -0.992. The van der Waals surface area contributed by atoms with Gasteiger partial charge >= 0.3 is 6.36 Å². The van der Waals surface area contributed by atoms with E-state index >= 15 is 0 Å². The van der Waals surface area contributed by atoms with E-state index in [0.29, 0.717) is 48.6 Å². The van der Waals surface area contributed by atoms with Crippen molar-refractivity contribution in [3.05, 3.63) is 41.2 Å². The van der Waals surface area contributed by atoms with E-state index in [2.05, 4.69) is 15.2 Å². The molecule has 3 heterocycles. The molecule has 1 amide bonds. The number of ether oxygens (including phenoxy) is 2. The first-order valence-electron chi connectivity index (χ1n) is 11.5. The van der Waals surface area contributed by atoms with Crippen LogP contribution in [0.3, 0.4) is 0 Å². The van der Waals surface area contributed by atoms with Gasteiger partial charge < -0.3 is 20.1 Å². The van der Waals surface area contributed by atoms with Crippen molar-refractivity contribution < 1.29 is 32.5 Å². The number of aliphatic hydroxyl groups is 1. The van der Waals surface area contributed by atoms with Crippen molar-refractivity contribution >= 4 is 23.2 Å². The topological polar surface area (TPSA) is 88.9 Å². The molecule has 2 aliphatic heterocycles. The third-order valence-corrected chi connectivity index (χ3v) is 7.82. The number of anilines is 1. The van der Waals surface area contributed by atoms with Crippen molar-refractivity contribution in [2.24, 2.45) is 0 Å². The van der Waals surface area contributed by atoms with Crippen molar-refractivity contribution in [1.82, 2.24) is 15.1 Å². The number of hydrogen-bond acceptors (Lipinski definition) is 6. The van der Waals surface area contributed by atoms with Crippen molar-refractivity contribution in [2.75, 3.05) is 18.0 Å². The monoisotopic (exact) mass is 512 g/mol. The molecule has 7 rings (SSSR count).